The van der Waals surface area contributed by atoms with Gasteiger partial charge in [0, 0.05) is 4.88 Å². The second-order valence-electron chi connectivity index (χ2n) is 4.17. The quantitative estimate of drug-likeness (QED) is 0.851. The van der Waals surface area contributed by atoms with E-state index in [0.29, 0.717) is 31.5 Å². The van der Waals surface area contributed by atoms with Crippen molar-refractivity contribution in [3.05, 3.63) is 16.8 Å². The molecule has 0 saturated carbocycles. The predicted octanol–water partition coefficient (Wildman–Crippen LogP) is 2.62. The van der Waals surface area contributed by atoms with Gasteiger partial charge in [-0.25, -0.2) is 0 Å². The summed E-state index contributed by atoms with van der Waals surface area (Å²) in [5.74, 6) is 2.35. The number of aromatic nitrogens is 2. The Bertz CT molecular complexity index is 545. The molecule has 18 heavy (non-hydrogen) atoms. The van der Waals surface area contributed by atoms with Gasteiger partial charge in [0.2, 0.25) is 11.7 Å². The van der Waals surface area contributed by atoms with Gasteiger partial charge in [-0.2, -0.15) is 4.98 Å². The van der Waals surface area contributed by atoms with E-state index in [4.69, 9.17) is 14.0 Å². The fourth-order valence-corrected chi connectivity index (χ4v) is 2.66. The third kappa shape index (κ3) is 2.02. The number of aryl methyl sites for hydroxylation is 1. The van der Waals surface area contributed by atoms with Crippen molar-refractivity contribution in [2.45, 2.75) is 19.8 Å². The normalized spacial score (nSPS) is 15.7. The molecule has 96 valence electrons. The summed E-state index contributed by atoms with van der Waals surface area (Å²) in [6.07, 6.45) is 0. The minimum absolute atomic E-state index is 0.253. The summed E-state index contributed by atoms with van der Waals surface area (Å²) in [6, 6.07) is 2.01. The summed E-state index contributed by atoms with van der Waals surface area (Å²) >= 11 is 1.62. The molecule has 0 spiro atoms. The maximum atomic E-state index is 5.59. The van der Waals surface area contributed by atoms with E-state index in [2.05, 4.69) is 10.1 Å². The topological polar surface area (TPSA) is 57.4 Å². The molecule has 0 atom stereocenters. The van der Waals surface area contributed by atoms with E-state index in [9.17, 15) is 0 Å². The molecule has 1 aliphatic rings. The third-order valence-electron chi connectivity index (χ3n) is 2.75. The highest BCUT2D eigenvalue weighted by Crippen LogP contribution is 2.37. The molecular formula is C12H14N2O3S. The zero-order valence-corrected chi connectivity index (χ0v) is 11.1. The van der Waals surface area contributed by atoms with E-state index in [1.54, 1.807) is 11.3 Å². The van der Waals surface area contributed by atoms with Crippen LogP contribution in [0, 0.1) is 6.92 Å². The van der Waals surface area contributed by atoms with Crippen LogP contribution >= 0.6 is 11.3 Å². The highest BCUT2D eigenvalue weighted by Gasteiger charge is 2.27. The second kappa shape index (κ2) is 4.70. The molecule has 0 amide bonds. The second-order valence-corrected chi connectivity index (χ2v) is 5.43. The van der Waals surface area contributed by atoms with Crippen LogP contribution in [-0.4, -0.2) is 30.0 Å². The Balaban J connectivity index is 1.90. The van der Waals surface area contributed by atoms with Crippen molar-refractivity contribution in [3.8, 4) is 16.5 Å². The number of rotatable bonds is 4. The van der Waals surface area contributed by atoms with E-state index < -0.39 is 0 Å². The molecule has 1 saturated heterocycles. The SMILES string of the molecule is CCOc1cc(C)sc1-c1noc(C2COC2)n1. The highest BCUT2D eigenvalue weighted by molar-refractivity contribution is 7.15. The monoisotopic (exact) mass is 266 g/mol. The van der Waals surface area contributed by atoms with Crippen LogP contribution in [0.15, 0.2) is 10.6 Å². The number of hydrogen-bond acceptors (Lipinski definition) is 6. The van der Waals surface area contributed by atoms with Crippen molar-refractivity contribution >= 4 is 11.3 Å². The minimum atomic E-state index is 0.253. The average Bonchev–Trinajstić information content (AvgIpc) is 2.84. The van der Waals surface area contributed by atoms with Gasteiger partial charge in [-0.1, -0.05) is 5.16 Å². The van der Waals surface area contributed by atoms with Gasteiger partial charge in [-0.05, 0) is 19.9 Å². The molecule has 0 aromatic carbocycles. The van der Waals surface area contributed by atoms with Crippen molar-refractivity contribution in [2.24, 2.45) is 0 Å². The maximum Gasteiger partial charge on any atom is 0.234 e. The first-order valence-corrected chi connectivity index (χ1v) is 6.74. The van der Waals surface area contributed by atoms with Crippen LogP contribution in [0.1, 0.15) is 23.6 Å². The van der Waals surface area contributed by atoms with E-state index in [0.717, 1.165) is 10.6 Å². The van der Waals surface area contributed by atoms with Crippen LogP contribution in [0.3, 0.4) is 0 Å². The molecule has 6 heteroatoms. The first-order chi connectivity index (χ1) is 8.78. The Kier molecular flexibility index (Phi) is 3.05. The van der Waals surface area contributed by atoms with E-state index >= 15 is 0 Å². The first kappa shape index (κ1) is 11.7. The molecule has 2 aromatic heterocycles. The first-order valence-electron chi connectivity index (χ1n) is 5.93. The standard InChI is InChI=1S/C12H14N2O3S/c1-3-16-9-4-7(2)18-10(9)11-13-12(17-14-11)8-5-15-6-8/h4,8H,3,5-6H2,1-2H3. The molecule has 0 radical (unpaired) electrons. The van der Waals surface area contributed by atoms with Crippen LogP contribution in [-0.2, 0) is 4.74 Å². The van der Waals surface area contributed by atoms with Gasteiger partial charge in [-0.15, -0.1) is 11.3 Å². The van der Waals surface area contributed by atoms with E-state index in [1.807, 2.05) is 19.9 Å². The summed E-state index contributed by atoms with van der Waals surface area (Å²) in [5, 5.41) is 4.03. The summed E-state index contributed by atoms with van der Waals surface area (Å²) in [4.78, 5) is 6.54. The van der Waals surface area contributed by atoms with Crippen molar-refractivity contribution in [1.29, 1.82) is 0 Å². The third-order valence-corrected chi connectivity index (χ3v) is 3.78. The Hall–Kier alpha value is -1.40. The molecule has 0 unspecified atom stereocenters. The van der Waals surface area contributed by atoms with E-state index in [-0.39, 0.29) is 5.92 Å². The molecule has 3 rings (SSSR count). The Morgan fingerprint density at radius 3 is 3.00 bits per heavy atom. The van der Waals surface area contributed by atoms with Gasteiger partial charge in [0.05, 0.1) is 25.7 Å². The minimum Gasteiger partial charge on any atom is -0.492 e. The Morgan fingerprint density at radius 2 is 2.33 bits per heavy atom. The number of nitrogens with zero attached hydrogens (tertiary/aromatic N) is 2. The van der Waals surface area contributed by atoms with Gasteiger partial charge < -0.3 is 14.0 Å². The van der Waals surface area contributed by atoms with Crippen LogP contribution < -0.4 is 4.74 Å². The summed E-state index contributed by atoms with van der Waals surface area (Å²) in [6.45, 7) is 5.97. The molecule has 2 aromatic rings. The molecule has 3 heterocycles. The van der Waals surface area contributed by atoms with E-state index in [1.165, 1.54) is 4.88 Å². The Morgan fingerprint density at radius 1 is 1.50 bits per heavy atom. The fourth-order valence-electron chi connectivity index (χ4n) is 1.78. The zero-order chi connectivity index (χ0) is 12.5. The van der Waals surface area contributed by atoms with Crippen LogP contribution in [0.4, 0.5) is 0 Å². The van der Waals surface area contributed by atoms with Gasteiger partial charge in [0.25, 0.3) is 0 Å². The largest absolute Gasteiger partial charge is 0.492 e. The van der Waals surface area contributed by atoms with Crippen LogP contribution in [0.5, 0.6) is 5.75 Å². The fraction of sp³-hybridized carbons (Fsp3) is 0.500. The smallest absolute Gasteiger partial charge is 0.234 e. The number of thiophene rings is 1. The molecule has 1 aliphatic heterocycles. The predicted molar refractivity (Wildman–Crippen MR) is 67.1 cm³/mol. The van der Waals surface area contributed by atoms with Crippen molar-refractivity contribution in [3.63, 3.8) is 0 Å². The summed E-state index contributed by atoms with van der Waals surface area (Å²) in [7, 11) is 0. The molecule has 5 nitrogen and oxygen atoms in total. The number of hydrogen-bond donors (Lipinski definition) is 0. The lowest BCUT2D eigenvalue weighted by Gasteiger charge is -2.21. The van der Waals surface area contributed by atoms with Crippen molar-refractivity contribution in [2.75, 3.05) is 19.8 Å². The van der Waals surface area contributed by atoms with Crippen LogP contribution in [0.25, 0.3) is 10.7 Å². The van der Waals surface area contributed by atoms with Crippen molar-refractivity contribution in [1.82, 2.24) is 10.1 Å². The van der Waals surface area contributed by atoms with Gasteiger partial charge >= 0.3 is 0 Å². The molecule has 1 fully saturated rings. The van der Waals surface area contributed by atoms with Gasteiger partial charge in [0.1, 0.15) is 10.6 Å². The summed E-state index contributed by atoms with van der Waals surface area (Å²) < 4.78 is 16.0. The average molecular weight is 266 g/mol. The lowest BCUT2D eigenvalue weighted by Crippen LogP contribution is -2.25. The lowest BCUT2D eigenvalue weighted by molar-refractivity contribution is -0.00445. The lowest BCUT2D eigenvalue weighted by atomic mass is 10.1. The van der Waals surface area contributed by atoms with Crippen molar-refractivity contribution < 1.29 is 14.0 Å². The van der Waals surface area contributed by atoms with Gasteiger partial charge in [-0.3, -0.25) is 0 Å². The molecule has 0 N–H and O–H groups in total. The molecule has 0 aliphatic carbocycles. The zero-order valence-electron chi connectivity index (χ0n) is 10.3. The summed E-state index contributed by atoms with van der Waals surface area (Å²) in [5.41, 5.74) is 0. The highest BCUT2D eigenvalue weighted by atomic mass is 32.1. The van der Waals surface area contributed by atoms with Crippen LogP contribution in [0.2, 0.25) is 0 Å². The maximum absolute atomic E-state index is 5.59. The molecule has 0 bridgehead atoms. The molecular weight excluding hydrogens is 252 g/mol. The Labute approximate surface area is 109 Å². The van der Waals surface area contributed by atoms with Gasteiger partial charge in [0.15, 0.2) is 0 Å². The number of ether oxygens (including phenoxy) is 2.